The van der Waals surface area contributed by atoms with Crippen LogP contribution in [-0.4, -0.2) is 31.0 Å². The Bertz CT molecular complexity index is 1090. The summed E-state index contributed by atoms with van der Waals surface area (Å²) in [6.45, 7) is 5.86. The number of amides is 1. The second-order valence-electron chi connectivity index (χ2n) is 9.38. The van der Waals surface area contributed by atoms with Crippen LogP contribution in [-0.2, 0) is 14.3 Å². The van der Waals surface area contributed by atoms with Crippen LogP contribution in [0.2, 0.25) is 0 Å². The van der Waals surface area contributed by atoms with Crippen molar-refractivity contribution in [3.8, 4) is 5.75 Å². The highest BCUT2D eigenvalue weighted by molar-refractivity contribution is 5.97. The molecule has 0 bridgehead atoms. The van der Waals surface area contributed by atoms with Gasteiger partial charge in [-0.05, 0) is 76.0 Å². The van der Waals surface area contributed by atoms with Crippen molar-refractivity contribution in [2.45, 2.75) is 78.6 Å². The van der Waals surface area contributed by atoms with Crippen molar-refractivity contribution < 1.29 is 23.9 Å². The molecule has 0 fully saturated rings. The number of carbonyl (C=O) groups is 3. The van der Waals surface area contributed by atoms with E-state index in [1.807, 2.05) is 19.1 Å². The summed E-state index contributed by atoms with van der Waals surface area (Å²) in [7, 11) is 0. The minimum Gasteiger partial charge on any atom is -0.466 e. The molecule has 0 aliphatic heterocycles. The predicted molar refractivity (Wildman–Crippen MR) is 168 cm³/mol. The lowest BCUT2D eigenvalue weighted by molar-refractivity contribution is -0.143. The molecule has 1 aromatic carbocycles. The van der Waals surface area contributed by atoms with Gasteiger partial charge in [-0.25, -0.2) is 0 Å². The first-order valence-electron chi connectivity index (χ1n) is 14.6. The van der Waals surface area contributed by atoms with Gasteiger partial charge in [0.1, 0.15) is 5.75 Å². The van der Waals surface area contributed by atoms with Crippen molar-refractivity contribution in [2.24, 2.45) is 0 Å². The van der Waals surface area contributed by atoms with E-state index in [4.69, 9.17) is 9.47 Å². The molecule has 6 heteroatoms. The van der Waals surface area contributed by atoms with Crippen molar-refractivity contribution in [2.75, 3.05) is 13.2 Å². The zero-order chi connectivity index (χ0) is 30.0. The van der Waals surface area contributed by atoms with Gasteiger partial charge >= 0.3 is 11.9 Å². The third-order valence-corrected chi connectivity index (χ3v) is 5.62. The second-order valence-corrected chi connectivity index (χ2v) is 9.38. The lowest BCUT2D eigenvalue weighted by Gasteiger charge is -2.10. The Morgan fingerprint density at radius 1 is 0.780 bits per heavy atom. The summed E-state index contributed by atoms with van der Waals surface area (Å²) >= 11 is 0. The van der Waals surface area contributed by atoms with Crippen molar-refractivity contribution in [3.05, 3.63) is 102 Å². The molecular formula is C35H47NO5. The minimum absolute atomic E-state index is 0.230. The number of carbonyl (C=O) groups excluding carboxylic acids is 3. The Hall–Kier alpha value is -3.93. The molecule has 222 valence electrons. The van der Waals surface area contributed by atoms with E-state index in [1.54, 1.807) is 18.2 Å². The van der Waals surface area contributed by atoms with E-state index in [0.29, 0.717) is 31.4 Å². The number of hydrogen-bond donors (Lipinski definition) is 1. The fourth-order valence-corrected chi connectivity index (χ4v) is 3.52. The van der Waals surface area contributed by atoms with Crippen LogP contribution in [0.1, 0.15) is 87.6 Å². The molecule has 1 rings (SSSR count). The smallest absolute Gasteiger partial charge is 0.308 e. The first-order chi connectivity index (χ1) is 19.9. The summed E-state index contributed by atoms with van der Waals surface area (Å²) in [6, 6.07) is 5.05. The van der Waals surface area contributed by atoms with Crippen LogP contribution in [0, 0.1) is 6.92 Å². The van der Waals surface area contributed by atoms with Gasteiger partial charge in [0.2, 0.25) is 0 Å². The van der Waals surface area contributed by atoms with Gasteiger partial charge in [0.05, 0.1) is 12.2 Å². The van der Waals surface area contributed by atoms with Crippen molar-refractivity contribution in [1.82, 2.24) is 5.32 Å². The maximum absolute atomic E-state index is 12.4. The number of rotatable bonds is 20. The Morgan fingerprint density at radius 3 is 1.85 bits per heavy atom. The summed E-state index contributed by atoms with van der Waals surface area (Å²) in [5.41, 5.74) is 1.17. The first kappa shape index (κ1) is 35.1. The summed E-state index contributed by atoms with van der Waals surface area (Å²) in [5.74, 6) is -0.854. The highest BCUT2D eigenvalue weighted by Crippen LogP contribution is 2.20. The van der Waals surface area contributed by atoms with Crippen molar-refractivity contribution >= 4 is 17.8 Å². The van der Waals surface area contributed by atoms with Gasteiger partial charge in [0, 0.05) is 19.9 Å². The lowest BCUT2D eigenvalue weighted by Crippen LogP contribution is -2.26. The maximum Gasteiger partial charge on any atom is 0.308 e. The first-order valence-corrected chi connectivity index (χ1v) is 14.6. The number of aryl methyl sites for hydroxylation is 1. The second kappa shape index (κ2) is 23.9. The molecule has 0 heterocycles. The number of ether oxygens (including phenoxy) is 2. The highest BCUT2D eigenvalue weighted by Gasteiger charge is 2.14. The SMILES string of the molecule is CC/C=C\C/C=C\C/C=C\C/C=C\C/C=C\C/C=C\CCC(=O)OCCCNC(=O)c1ccc(C)cc1OC(C)=O. The van der Waals surface area contributed by atoms with Gasteiger partial charge in [-0.15, -0.1) is 0 Å². The molecule has 41 heavy (non-hydrogen) atoms. The molecule has 0 spiro atoms. The van der Waals surface area contributed by atoms with Gasteiger partial charge in [-0.2, -0.15) is 0 Å². The number of benzene rings is 1. The van der Waals surface area contributed by atoms with E-state index in [2.05, 4.69) is 73.0 Å². The molecule has 6 nitrogen and oxygen atoms in total. The zero-order valence-corrected chi connectivity index (χ0v) is 25.0. The molecule has 0 saturated heterocycles. The molecule has 1 N–H and O–H groups in total. The minimum atomic E-state index is -0.486. The van der Waals surface area contributed by atoms with E-state index in [-0.39, 0.29) is 24.2 Å². The van der Waals surface area contributed by atoms with E-state index < -0.39 is 5.97 Å². The number of allylic oxidation sites excluding steroid dienone is 12. The van der Waals surface area contributed by atoms with Crippen molar-refractivity contribution in [3.63, 3.8) is 0 Å². The van der Waals surface area contributed by atoms with Crippen LogP contribution in [0.25, 0.3) is 0 Å². The summed E-state index contributed by atoms with van der Waals surface area (Å²) in [5, 5.41) is 2.76. The average Bonchev–Trinajstić information content (AvgIpc) is 2.93. The Labute approximate surface area is 246 Å². The van der Waals surface area contributed by atoms with Gasteiger partial charge in [0.25, 0.3) is 5.91 Å². The number of esters is 2. The van der Waals surface area contributed by atoms with E-state index >= 15 is 0 Å². The Balaban J connectivity index is 2.07. The Kier molecular flexibility index (Phi) is 20.5. The third-order valence-electron chi connectivity index (χ3n) is 5.62. The van der Waals surface area contributed by atoms with Crippen LogP contribution in [0.3, 0.4) is 0 Å². The highest BCUT2D eigenvalue weighted by atomic mass is 16.5. The molecule has 1 aromatic rings. The quantitative estimate of drug-likeness (QED) is 0.0753. The van der Waals surface area contributed by atoms with Gasteiger partial charge < -0.3 is 14.8 Å². The summed E-state index contributed by atoms with van der Waals surface area (Å²) in [6.07, 6.45) is 33.0. The normalized spacial score (nSPS) is 12.1. The van der Waals surface area contributed by atoms with Crippen LogP contribution in [0.15, 0.2) is 91.1 Å². The van der Waals surface area contributed by atoms with Crippen LogP contribution in [0.4, 0.5) is 0 Å². The number of hydrogen-bond acceptors (Lipinski definition) is 5. The fourth-order valence-electron chi connectivity index (χ4n) is 3.52. The molecule has 0 saturated carbocycles. The largest absolute Gasteiger partial charge is 0.466 e. The van der Waals surface area contributed by atoms with E-state index in [9.17, 15) is 14.4 Å². The predicted octanol–water partition coefficient (Wildman–Crippen LogP) is 8.06. The molecule has 0 atom stereocenters. The Morgan fingerprint density at radius 2 is 1.32 bits per heavy atom. The van der Waals surface area contributed by atoms with Gasteiger partial charge in [0.15, 0.2) is 0 Å². The molecule has 0 unspecified atom stereocenters. The molecule has 0 aliphatic rings. The summed E-state index contributed by atoms with van der Waals surface area (Å²) < 4.78 is 10.4. The zero-order valence-electron chi connectivity index (χ0n) is 25.0. The number of nitrogens with one attached hydrogen (secondary N) is 1. The van der Waals surface area contributed by atoms with Gasteiger partial charge in [-0.1, -0.05) is 85.9 Å². The molecular weight excluding hydrogens is 514 g/mol. The molecule has 0 radical (unpaired) electrons. The topological polar surface area (TPSA) is 81.7 Å². The lowest BCUT2D eigenvalue weighted by atomic mass is 10.1. The molecule has 1 amide bonds. The monoisotopic (exact) mass is 561 g/mol. The fraction of sp³-hybridized carbons (Fsp3) is 0.400. The maximum atomic E-state index is 12.4. The third kappa shape index (κ3) is 19.7. The van der Waals surface area contributed by atoms with Crippen LogP contribution < -0.4 is 10.1 Å². The van der Waals surface area contributed by atoms with Crippen LogP contribution in [0.5, 0.6) is 5.75 Å². The standard InChI is InChI=1S/C35H47NO5/c1-4-5-6-7-8-9-10-11-12-13-14-15-16-17-18-19-20-21-22-24-34(38)40-28-23-27-36-35(39)32-26-25-30(2)29-33(32)41-31(3)37/h5-6,8-9,11-12,14-15,17-18,20-21,25-26,29H,4,7,10,13,16,19,22-24,27-28H2,1-3H3,(H,36,39)/b6-5-,9-8-,12-11-,15-14-,18-17-,21-20-. The van der Waals surface area contributed by atoms with E-state index in [1.165, 1.54) is 6.92 Å². The molecule has 0 aliphatic carbocycles. The summed E-state index contributed by atoms with van der Waals surface area (Å²) in [4.78, 5) is 35.6. The van der Waals surface area contributed by atoms with Crippen LogP contribution >= 0.6 is 0 Å². The average molecular weight is 562 g/mol. The van der Waals surface area contributed by atoms with Gasteiger partial charge in [-0.3, -0.25) is 14.4 Å². The van der Waals surface area contributed by atoms with E-state index in [0.717, 1.165) is 44.1 Å². The molecule has 0 aromatic heterocycles. The van der Waals surface area contributed by atoms with Crippen molar-refractivity contribution in [1.29, 1.82) is 0 Å².